The Morgan fingerprint density at radius 1 is 1.44 bits per heavy atom. The van der Waals surface area contributed by atoms with Gasteiger partial charge in [-0.1, -0.05) is 11.2 Å². The van der Waals surface area contributed by atoms with Crippen LogP contribution in [0.1, 0.15) is 17.1 Å². The van der Waals surface area contributed by atoms with Gasteiger partial charge >= 0.3 is 0 Å². The number of halogens is 1. The third-order valence-corrected chi connectivity index (χ3v) is 3.67. The highest BCUT2D eigenvalue weighted by molar-refractivity contribution is 9.10. The third kappa shape index (κ3) is 2.08. The average molecular weight is 310 g/mol. The molecular weight excluding hydrogens is 298 g/mol. The molecule has 0 amide bonds. The number of oxime groups is 1. The van der Waals surface area contributed by atoms with Crippen LogP contribution < -0.4 is 5.73 Å². The fraction of sp³-hybridized carbons (Fsp3) is 0.182. The van der Waals surface area contributed by atoms with Crippen molar-refractivity contribution >= 4 is 21.8 Å². The smallest absolute Gasteiger partial charge is 0.188 e. The summed E-state index contributed by atoms with van der Waals surface area (Å²) in [5.41, 5.74) is 7.73. The van der Waals surface area contributed by atoms with E-state index >= 15 is 0 Å². The quantitative estimate of drug-likeness (QED) is 0.383. The van der Waals surface area contributed by atoms with E-state index in [0.717, 1.165) is 15.9 Å². The van der Waals surface area contributed by atoms with Crippen molar-refractivity contribution in [3.63, 3.8) is 0 Å². The Morgan fingerprint density at radius 3 is 2.72 bits per heavy atom. The number of aromatic nitrogens is 3. The van der Waals surface area contributed by atoms with E-state index in [2.05, 4.69) is 31.2 Å². The first-order valence-corrected chi connectivity index (χ1v) is 6.01. The summed E-state index contributed by atoms with van der Waals surface area (Å²) in [6.45, 7) is 3.84. The van der Waals surface area contributed by atoms with Crippen molar-refractivity contribution in [3.8, 4) is 5.82 Å². The van der Waals surface area contributed by atoms with E-state index in [4.69, 9.17) is 10.9 Å². The Kier molecular flexibility index (Phi) is 3.33. The van der Waals surface area contributed by atoms with Crippen LogP contribution in [0.5, 0.6) is 0 Å². The number of nitrogens with zero attached hydrogens (tertiary/aromatic N) is 4. The molecule has 2 aromatic rings. The van der Waals surface area contributed by atoms with E-state index in [0.29, 0.717) is 11.5 Å². The summed E-state index contributed by atoms with van der Waals surface area (Å²) in [7, 11) is 0. The van der Waals surface area contributed by atoms with Gasteiger partial charge in [0.1, 0.15) is 5.69 Å². The van der Waals surface area contributed by atoms with Gasteiger partial charge in [-0.3, -0.25) is 0 Å². The maximum absolute atomic E-state index is 8.65. The molecule has 0 saturated heterocycles. The number of hydrogen-bond donors (Lipinski definition) is 2. The van der Waals surface area contributed by atoms with Crippen LogP contribution in [0.2, 0.25) is 0 Å². The number of nitrogens with two attached hydrogens (primary N) is 1. The van der Waals surface area contributed by atoms with Crippen molar-refractivity contribution in [2.75, 3.05) is 0 Å². The number of pyridine rings is 1. The topological polar surface area (TPSA) is 89.3 Å². The van der Waals surface area contributed by atoms with Crippen molar-refractivity contribution in [1.82, 2.24) is 14.8 Å². The molecule has 2 rings (SSSR count). The molecule has 0 atom stereocenters. The Balaban J connectivity index is 2.55. The van der Waals surface area contributed by atoms with Crippen molar-refractivity contribution in [2.45, 2.75) is 13.8 Å². The van der Waals surface area contributed by atoms with Gasteiger partial charge < -0.3 is 10.9 Å². The normalized spacial score (nSPS) is 11.8. The summed E-state index contributed by atoms with van der Waals surface area (Å²) in [6.07, 6.45) is 0. The lowest BCUT2D eigenvalue weighted by molar-refractivity contribution is 0.318. The second-order valence-electron chi connectivity index (χ2n) is 3.76. The molecule has 0 unspecified atom stereocenters. The summed E-state index contributed by atoms with van der Waals surface area (Å²) >= 11 is 3.46. The van der Waals surface area contributed by atoms with Gasteiger partial charge in [-0.2, -0.15) is 5.10 Å². The minimum atomic E-state index is -0.0301. The summed E-state index contributed by atoms with van der Waals surface area (Å²) < 4.78 is 2.65. The number of rotatable bonds is 2. The van der Waals surface area contributed by atoms with Crippen molar-refractivity contribution in [3.05, 3.63) is 39.8 Å². The summed E-state index contributed by atoms with van der Waals surface area (Å²) in [6, 6.07) is 5.25. The number of amidine groups is 1. The first kappa shape index (κ1) is 12.6. The Hall–Kier alpha value is -1.89. The minimum Gasteiger partial charge on any atom is -0.409 e. The van der Waals surface area contributed by atoms with Gasteiger partial charge in [-0.25, -0.2) is 9.67 Å². The van der Waals surface area contributed by atoms with Gasteiger partial charge in [0.05, 0.1) is 15.9 Å². The molecule has 0 bridgehead atoms. The lowest BCUT2D eigenvalue weighted by atomic mass is 10.3. The molecule has 0 saturated carbocycles. The summed E-state index contributed by atoms with van der Waals surface area (Å²) in [5.74, 6) is 0.586. The van der Waals surface area contributed by atoms with Crippen LogP contribution in [-0.4, -0.2) is 25.8 Å². The van der Waals surface area contributed by atoms with E-state index < -0.39 is 0 Å². The van der Waals surface area contributed by atoms with Crippen molar-refractivity contribution in [2.24, 2.45) is 10.9 Å². The van der Waals surface area contributed by atoms with Gasteiger partial charge in [-0.05, 0) is 41.9 Å². The lowest BCUT2D eigenvalue weighted by Crippen LogP contribution is -2.16. The van der Waals surface area contributed by atoms with Gasteiger partial charge in [0.15, 0.2) is 11.7 Å². The minimum absolute atomic E-state index is 0.0301. The number of aryl methyl sites for hydroxylation is 1. The monoisotopic (exact) mass is 309 g/mol. The second kappa shape index (κ2) is 4.77. The predicted molar refractivity (Wildman–Crippen MR) is 71.0 cm³/mol. The average Bonchev–Trinajstić information content (AvgIpc) is 2.66. The zero-order valence-electron chi connectivity index (χ0n) is 9.92. The van der Waals surface area contributed by atoms with Gasteiger partial charge in [0, 0.05) is 0 Å². The second-order valence-corrected chi connectivity index (χ2v) is 4.56. The lowest BCUT2D eigenvalue weighted by Gasteiger charge is -2.05. The van der Waals surface area contributed by atoms with E-state index in [-0.39, 0.29) is 5.84 Å². The zero-order valence-corrected chi connectivity index (χ0v) is 11.5. The Labute approximate surface area is 112 Å². The Bertz CT molecular complexity index is 620. The highest BCUT2D eigenvalue weighted by Gasteiger charge is 2.12. The summed E-state index contributed by atoms with van der Waals surface area (Å²) in [5, 5.41) is 15.9. The van der Waals surface area contributed by atoms with Crippen molar-refractivity contribution in [1.29, 1.82) is 0 Å². The molecule has 0 radical (unpaired) electrons. The summed E-state index contributed by atoms with van der Waals surface area (Å²) in [4.78, 5) is 4.29. The molecule has 2 aromatic heterocycles. The molecule has 6 nitrogen and oxygen atoms in total. The molecule has 0 aliphatic heterocycles. The molecule has 18 heavy (non-hydrogen) atoms. The molecule has 0 aliphatic rings. The largest absolute Gasteiger partial charge is 0.409 e. The fourth-order valence-corrected chi connectivity index (χ4v) is 1.83. The van der Waals surface area contributed by atoms with Gasteiger partial charge in [-0.15, -0.1) is 0 Å². The molecule has 0 aliphatic carbocycles. The van der Waals surface area contributed by atoms with Crippen LogP contribution in [0.25, 0.3) is 5.82 Å². The molecule has 0 aromatic carbocycles. The Morgan fingerprint density at radius 2 is 2.17 bits per heavy atom. The molecule has 7 heteroatoms. The van der Waals surface area contributed by atoms with E-state index in [1.807, 2.05) is 13.8 Å². The standard InChI is InChI=1S/C11H12BrN5O/c1-6-10(12)7(2)17(15-6)9-5-3-4-8(14-9)11(13)16-18/h3-5,18H,1-2H3,(H2,13,16). The van der Waals surface area contributed by atoms with Crippen LogP contribution in [0.15, 0.2) is 27.8 Å². The first-order valence-electron chi connectivity index (χ1n) is 5.21. The van der Waals surface area contributed by atoms with Crippen LogP contribution in [0, 0.1) is 13.8 Å². The van der Waals surface area contributed by atoms with Gasteiger partial charge in [0.25, 0.3) is 0 Å². The zero-order chi connectivity index (χ0) is 13.3. The fourth-order valence-electron chi connectivity index (χ4n) is 1.58. The van der Waals surface area contributed by atoms with Gasteiger partial charge in [0.2, 0.25) is 0 Å². The predicted octanol–water partition coefficient (Wildman–Crippen LogP) is 1.74. The molecular formula is C11H12BrN5O. The SMILES string of the molecule is Cc1nn(-c2cccc(C(N)=NO)n2)c(C)c1Br. The first-order chi connectivity index (χ1) is 8.54. The maximum Gasteiger partial charge on any atom is 0.188 e. The highest BCUT2D eigenvalue weighted by atomic mass is 79.9. The maximum atomic E-state index is 8.65. The molecule has 0 fully saturated rings. The number of hydrogen-bond acceptors (Lipinski definition) is 4. The van der Waals surface area contributed by atoms with E-state index in [1.165, 1.54) is 0 Å². The van der Waals surface area contributed by atoms with Crippen LogP contribution in [0.4, 0.5) is 0 Å². The molecule has 2 heterocycles. The molecule has 0 spiro atoms. The highest BCUT2D eigenvalue weighted by Crippen LogP contribution is 2.22. The molecule has 3 N–H and O–H groups in total. The van der Waals surface area contributed by atoms with Crippen molar-refractivity contribution < 1.29 is 5.21 Å². The van der Waals surface area contributed by atoms with Crippen LogP contribution in [-0.2, 0) is 0 Å². The van der Waals surface area contributed by atoms with E-state index in [9.17, 15) is 0 Å². The van der Waals surface area contributed by atoms with E-state index in [1.54, 1.807) is 22.9 Å². The molecule has 94 valence electrons. The van der Waals surface area contributed by atoms with Crippen LogP contribution >= 0.6 is 15.9 Å². The third-order valence-electron chi connectivity index (χ3n) is 2.52. The van der Waals surface area contributed by atoms with Crippen LogP contribution in [0.3, 0.4) is 0 Å².